The normalized spacial score (nSPS) is 12.7. The summed E-state index contributed by atoms with van der Waals surface area (Å²) in [6.45, 7) is 3.96. The fourth-order valence-corrected chi connectivity index (χ4v) is 5.14. The summed E-state index contributed by atoms with van der Waals surface area (Å²) < 4.78 is 37.7. The molecule has 0 fully saturated rings. The summed E-state index contributed by atoms with van der Waals surface area (Å²) in [5.41, 5.74) is -0.287. The Kier molecular flexibility index (Phi) is 5.34. The zero-order valence-corrected chi connectivity index (χ0v) is 13.0. The predicted octanol–water partition coefficient (Wildman–Crippen LogP) is 3.80. The number of rotatable bonds is 6. The van der Waals surface area contributed by atoms with Crippen molar-refractivity contribution in [3.8, 4) is 0 Å². The van der Waals surface area contributed by atoms with Gasteiger partial charge in [0.2, 0.25) is 0 Å². The number of sulfone groups is 1. The lowest BCUT2D eigenvalue weighted by Gasteiger charge is -2.29. The average molecular weight is 337 g/mol. The zero-order chi connectivity index (χ0) is 13.8. The number of halogens is 2. The van der Waals surface area contributed by atoms with E-state index in [9.17, 15) is 12.8 Å². The molecule has 2 nitrogen and oxygen atoms in total. The highest BCUT2D eigenvalue weighted by atomic mass is 79.9. The van der Waals surface area contributed by atoms with Gasteiger partial charge in [-0.1, -0.05) is 35.8 Å². The molecule has 0 aliphatic carbocycles. The average Bonchev–Trinajstić information content (AvgIpc) is 2.36. The van der Waals surface area contributed by atoms with Crippen LogP contribution in [0.5, 0.6) is 0 Å². The van der Waals surface area contributed by atoms with Crippen LogP contribution in [0.3, 0.4) is 0 Å². The van der Waals surface area contributed by atoms with E-state index in [-0.39, 0.29) is 16.1 Å². The van der Waals surface area contributed by atoms with Gasteiger partial charge in [0.05, 0.1) is 10.6 Å². The van der Waals surface area contributed by atoms with E-state index in [1.165, 1.54) is 18.2 Å². The van der Waals surface area contributed by atoms with Crippen LogP contribution in [0.2, 0.25) is 0 Å². The molecule has 1 aromatic rings. The lowest BCUT2D eigenvalue weighted by atomic mass is 9.87. The summed E-state index contributed by atoms with van der Waals surface area (Å²) in [7, 11) is -3.45. The van der Waals surface area contributed by atoms with Gasteiger partial charge >= 0.3 is 0 Å². The topological polar surface area (TPSA) is 34.1 Å². The van der Waals surface area contributed by atoms with Gasteiger partial charge in [0, 0.05) is 5.33 Å². The third-order valence-corrected chi connectivity index (χ3v) is 6.59. The molecule has 0 spiro atoms. The van der Waals surface area contributed by atoms with Crippen LogP contribution in [0.1, 0.15) is 26.7 Å². The van der Waals surface area contributed by atoms with Crippen LogP contribution in [0.15, 0.2) is 29.2 Å². The highest BCUT2D eigenvalue weighted by Gasteiger charge is 2.32. The van der Waals surface area contributed by atoms with E-state index in [2.05, 4.69) is 15.9 Å². The van der Waals surface area contributed by atoms with E-state index in [4.69, 9.17) is 0 Å². The Morgan fingerprint density at radius 2 is 1.89 bits per heavy atom. The molecule has 102 valence electrons. The first-order chi connectivity index (χ1) is 8.39. The molecule has 0 heterocycles. The van der Waals surface area contributed by atoms with Gasteiger partial charge < -0.3 is 0 Å². The zero-order valence-electron chi connectivity index (χ0n) is 10.6. The number of alkyl halides is 1. The van der Waals surface area contributed by atoms with Crippen molar-refractivity contribution in [2.45, 2.75) is 31.6 Å². The molecule has 0 bridgehead atoms. The van der Waals surface area contributed by atoms with Crippen molar-refractivity contribution < 1.29 is 12.8 Å². The first-order valence-electron chi connectivity index (χ1n) is 5.93. The Balaban J connectivity index is 3.08. The molecule has 1 rings (SSSR count). The summed E-state index contributed by atoms with van der Waals surface area (Å²) in [5, 5.41) is 0.627. The first-order valence-corrected chi connectivity index (χ1v) is 8.71. The molecule has 0 aromatic heterocycles. The van der Waals surface area contributed by atoms with Crippen LogP contribution in [0.25, 0.3) is 0 Å². The van der Waals surface area contributed by atoms with Crippen LogP contribution in [0.4, 0.5) is 4.39 Å². The summed E-state index contributed by atoms with van der Waals surface area (Å²) in [4.78, 5) is 0.0646. The summed E-state index contributed by atoms with van der Waals surface area (Å²) in [5.74, 6) is -0.477. The van der Waals surface area contributed by atoms with Gasteiger partial charge in [-0.3, -0.25) is 0 Å². The lowest BCUT2D eigenvalue weighted by molar-refractivity contribution is 0.351. The summed E-state index contributed by atoms with van der Waals surface area (Å²) >= 11 is 3.39. The first kappa shape index (κ1) is 15.6. The molecule has 5 heteroatoms. The van der Waals surface area contributed by atoms with Gasteiger partial charge in [0.1, 0.15) is 5.82 Å². The van der Waals surface area contributed by atoms with Crippen molar-refractivity contribution in [2.24, 2.45) is 5.41 Å². The summed E-state index contributed by atoms with van der Waals surface area (Å²) in [6, 6.07) is 5.20. The molecule has 0 radical (unpaired) electrons. The van der Waals surface area contributed by atoms with Crippen LogP contribution in [-0.4, -0.2) is 19.5 Å². The summed E-state index contributed by atoms with van der Waals surface area (Å²) in [6.07, 6.45) is 1.53. The smallest absolute Gasteiger partial charge is 0.179 e. The SMILES string of the molecule is CCC(CC)(CBr)CS(=O)(=O)c1cccc(F)c1. The molecule has 18 heavy (non-hydrogen) atoms. The number of benzene rings is 1. The van der Waals surface area contributed by atoms with E-state index < -0.39 is 15.7 Å². The van der Waals surface area contributed by atoms with E-state index in [0.29, 0.717) is 5.33 Å². The van der Waals surface area contributed by atoms with Crippen molar-refractivity contribution in [1.82, 2.24) is 0 Å². The Morgan fingerprint density at radius 1 is 1.28 bits per heavy atom. The fraction of sp³-hybridized carbons (Fsp3) is 0.538. The van der Waals surface area contributed by atoms with Crippen LogP contribution >= 0.6 is 15.9 Å². The quantitative estimate of drug-likeness (QED) is 0.740. The van der Waals surface area contributed by atoms with Gasteiger partial charge in [-0.05, 0) is 36.5 Å². The van der Waals surface area contributed by atoms with Gasteiger partial charge in [0.15, 0.2) is 9.84 Å². The van der Waals surface area contributed by atoms with Gasteiger partial charge in [-0.2, -0.15) is 0 Å². The van der Waals surface area contributed by atoms with E-state index in [1.807, 2.05) is 13.8 Å². The van der Waals surface area contributed by atoms with Gasteiger partial charge in [-0.25, -0.2) is 12.8 Å². The van der Waals surface area contributed by atoms with Crippen LogP contribution in [-0.2, 0) is 9.84 Å². The molecule has 0 N–H and O–H groups in total. The molecule has 0 aliphatic heterocycles. The highest BCUT2D eigenvalue weighted by Crippen LogP contribution is 2.32. The third kappa shape index (κ3) is 3.54. The van der Waals surface area contributed by atoms with Gasteiger partial charge in [0.25, 0.3) is 0 Å². The Labute approximate surface area is 117 Å². The second-order valence-electron chi connectivity index (χ2n) is 4.56. The largest absolute Gasteiger partial charge is 0.224 e. The predicted molar refractivity (Wildman–Crippen MR) is 75.3 cm³/mol. The molecule has 0 unspecified atom stereocenters. The molecule has 0 saturated carbocycles. The molecule has 0 atom stereocenters. The molecule has 0 aliphatic rings. The number of hydrogen-bond acceptors (Lipinski definition) is 2. The van der Waals surface area contributed by atoms with Crippen LogP contribution < -0.4 is 0 Å². The maximum atomic E-state index is 13.1. The van der Waals surface area contributed by atoms with Crippen molar-refractivity contribution in [3.05, 3.63) is 30.1 Å². The Hall–Kier alpha value is -0.420. The maximum Gasteiger partial charge on any atom is 0.179 e. The van der Waals surface area contributed by atoms with E-state index in [0.717, 1.165) is 18.9 Å². The molecule has 1 aromatic carbocycles. The minimum Gasteiger partial charge on any atom is -0.224 e. The Morgan fingerprint density at radius 3 is 2.33 bits per heavy atom. The lowest BCUT2D eigenvalue weighted by Crippen LogP contribution is -2.30. The minimum absolute atomic E-state index is 0.0434. The minimum atomic E-state index is -3.45. The third-order valence-electron chi connectivity index (χ3n) is 3.43. The van der Waals surface area contributed by atoms with E-state index in [1.54, 1.807) is 0 Å². The second-order valence-corrected chi connectivity index (χ2v) is 7.11. The maximum absolute atomic E-state index is 13.1. The molecule has 0 saturated heterocycles. The molecule has 0 amide bonds. The van der Waals surface area contributed by atoms with Gasteiger partial charge in [-0.15, -0.1) is 0 Å². The van der Waals surface area contributed by atoms with Crippen molar-refractivity contribution in [1.29, 1.82) is 0 Å². The van der Waals surface area contributed by atoms with Crippen molar-refractivity contribution >= 4 is 25.8 Å². The van der Waals surface area contributed by atoms with Crippen molar-refractivity contribution in [3.63, 3.8) is 0 Å². The molecular weight excluding hydrogens is 319 g/mol. The number of hydrogen-bond donors (Lipinski definition) is 0. The molecular formula is C13H18BrFO2S. The second kappa shape index (κ2) is 6.15. The van der Waals surface area contributed by atoms with Crippen LogP contribution in [0, 0.1) is 11.2 Å². The van der Waals surface area contributed by atoms with Crippen molar-refractivity contribution in [2.75, 3.05) is 11.1 Å². The van der Waals surface area contributed by atoms with E-state index >= 15 is 0 Å². The Bertz CT molecular complexity index is 487. The highest BCUT2D eigenvalue weighted by molar-refractivity contribution is 9.09. The fourth-order valence-electron chi connectivity index (χ4n) is 1.83. The standard InChI is InChI=1S/C13H18BrFO2S/c1-3-13(4-2,9-14)10-18(16,17)12-7-5-6-11(15)8-12/h5-8H,3-4,9-10H2,1-2H3. The monoisotopic (exact) mass is 336 g/mol.